The van der Waals surface area contributed by atoms with E-state index in [-0.39, 0.29) is 11.8 Å². The van der Waals surface area contributed by atoms with Crippen molar-refractivity contribution in [1.82, 2.24) is 5.32 Å². The van der Waals surface area contributed by atoms with Crippen LogP contribution in [0.1, 0.15) is 45.4 Å². The number of likely N-dealkylation sites (N-methyl/N-ethyl adjacent to an activating group) is 1. The molecule has 0 aromatic heterocycles. The van der Waals surface area contributed by atoms with Crippen LogP contribution in [0.5, 0.6) is 0 Å². The fourth-order valence-electron chi connectivity index (χ4n) is 2.24. The van der Waals surface area contributed by atoms with Crippen LogP contribution >= 0.6 is 0 Å². The lowest BCUT2D eigenvalue weighted by Crippen LogP contribution is -2.34. The van der Waals surface area contributed by atoms with E-state index >= 15 is 0 Å². The van der Waals surface area contributed by atoms with E-state index in [0.717, 1.165) is 12.3 Å². The molecule has 1 N–H and O–H groups in total. The van der Waals surface area contributed by atoms with Crippen molar-refractivity contribution in [3.05, 3.63) is 0 Å². The van der Waals surface area contributed by atoms with Gasteiger partial charge in [0.25, 0.3) is 0 Å². The molecule has 0 radical (unpaired) electrons. The van der Waals surface area contributed by atoms with Crippen molar-refractivity contribution in [2.24, 2.45) is 5.92 Å². The van der Waals surface area contributed by atoms with Gasteiger partial charge in [-0.25, -0.2) is 0 Å². The van der Waals surface area contributed by atoms with Crippen LogP contribution in [-0.2, 0) is 4.79 Å². The zero-order valence-corrected chi connectivity index (χ0v) is 8.81. The second-order valence-electron chi connectivity index (χ2n) is 4.19. The number of carbonyl (C=O) groups is 1. The first-order chi connectivity index (χ1) is 6.24. The number of ketones is 1. The summed E-state index contributed by atoms with van der Waals surface area (Å²) >= 11 is 0. The quantitative estimate of drug-likeness (QED) is 0.723. The molecule has 0 amide bonds. The molecule has 2 nitrogen and oxygen atoms in total. The third-order valence-corrected chi connectivity index (χ3v) is 3.13. The maximum Gasteiger partial charge on any atom is 0.146 e. The van der Waals surface area contributed by atoms with E-state index in [1.54, 1.807) is 6.92 Å². The molecule has 0 heterocycles. The monoisotopic (exact) mass is 183 g/mol. The van der Waals surface area contributed by atoms with E-state index in [9.17, 15) is 4.79 Å². The number of carbonyl (C=O) groups excluding carboxylic acids is 1. The maximum absolute atomic E-state index is 11.2. The summed E-state index contributed by atoms with van der Waals surface area (Å²) in [5.41, 5.74) is 0. The molecule has 1 fully saturated rings. The van der Waals surface area contributed by atoms with Gasteiger partial charge in [-0.3, -0.25) is 4.79 Å². The highest BCUT2D eigenvalue weighted by molar-refractivity contribution is 5.81. The van der Waals surface area contributed by atoms with Crippen molar-refractivity contribution in [1.29, 1.82) is 0 Å². The van der Waals surface area contributed by atoms with Gasteiger partial charge in [-0.05, 0) is 26.3 Å². The summed E-state index contributed by atoms with van der Waals surface area (Å²) < 4.78 is 0. The average molecular weight is 183 g/mol. The maximum atomic E-state index is 11.2. The molecule has 13 heavy (non-hydrogen) atoms. The largest absolute Gasteiger partial charge is 0.311 e. The Balaban J connectivity index is 2.31. The van der Waals surface area contributed by atoms with Gasteiger partial charge in [0, 0.05) is 0 Å². The lowest BCUT2D eigenvalue weighted by atomic mass is 9.84. The number of hydrogen-bond donors (Lipinski definition) is 1. The summed E-state index contributed by atoms with van der Waals surface area (Å²) in [6.45, 7) is 1.68. The molecule has 0 saturated heterocycles. The van der Waals surface area contributed by atoms with Crippen molar-refractivity contribution in [2.45, 2.75) is 51.5 Å². The van der Waals surface area contributed by atoms with E-state index in [4.69, 9.17) is 0 Å². The van der Waals surface area contributed by atoms with Gasteiger partial charge in [-0.15, -0.1) is 0 Å². The van der Waals surface area contributed by atoms with Crippen molar-refractivity contribution in [2.75, 3.05) is 7.05 Å². The zero-order chi connectivity index (χ0) is 9.68. The van der Waals surface area contributed by atoms with Crippen LogP contribution in [0.3, 0.4) is 0 Å². The summed E-state index contributed by atoms with van der Waals surface area (Å²) in [5.74, 6) is 1.07. The number of rotatable bonds is 4. The minimum atomic E-state index is 0.100. The highest BCUT2D eigenvalue weighted by Gasteiger charge is 2.20. The van der Waals surface area contributed by atoms with Crippen LogP contribution in [0.15, 0.2) is 0 Å². The van der Waals surface area contributed by atoms with E-state index < -0.39 is 0 Å². The third-order valence-electron chi connectivity index (χ3n) is 3.13. The van der Waals surface area contributed by atoms with E-state index in [1.165, 1.54) is 32.1 Å². The number of nitrogens with one attached hydrogen (secondary N) is 1. The fraction of sp³-hybridized carbons (Fsp3) is 0.909. The smallest absolute Gasteiger partial charge is 0.146 e. The van der Waals surface area contributed by atoms with Crippen LogP contribution in [0.25, 0.3) is 0 Å². The highest BCUT2D eigenvalue weighted by Crippen LogP contribution is 2.27. The Morgan fingerprint density at radius 3 is 2.46 bits per heavy atom. The highest BCUT2D eigenvalue weighted by atomic mass is 16.1. The second-order valence-corrected chi connectivity index (χ2v) is 4.19. The molecular formula is C11H21NO. The van der Waals surface area contributed by atoms with Crippen LogP contribution < -0.4 is 5.32 Å². The molecule has 1 rings (SSSR count). The number of Topliss-reactive ketones (excluding diaryl/α,β-unsaturated/α-hetero) is 1. The third kappa shape index (κ3) is 3.47. The van der Waals surface area contributed by atoms with Gasteiger partial charge in [-0.1, -0.05) is 32.1 Å². The minimum Gasteiger partial charge on any atom is -0.311 e. The van der Waals surface area contributed by atoms with Crippen LogP contribution in [0.2, 0.25) is 0 Å². The second kappa shape index (κ2) is 5.38. The first-order valence-electron chi connectivity index (χ1n) is 5.41. The fourth-order valence-corrected chi connectivity index (χ4v) is 2.24. The molecular weight excluding hydrogens is 162 g/mol. The van der Waals surface area contributed by atoms with E-state index in [1.807, 2.05) is 7.05 Å². The normalized spacial score (nSPS) is 21.4. The molecule has 0 aromatic rings. The molecule has 1 unspecified atom stereocenters. The molecule has 0 aliphatic heterocycles. The summed E-state index contributed by atoms with van der Waals surface area (Å²) in [5, 5.41) is 3.10. The van der Waals surface area contributed by atoms with Gasteiger partial charge in [0.05, 0.1) is 6.04 Å². The van der Waals surface area contributed by atoms with Crippen molar-refractivity contribution in [3.8, 4) is 0 Å². The minimum absolute atomic E-state index is 0.100. The Morgan fingerprint density at radius 2 is 2.00 bits per heavy atom. The molecule has 0 aromatic carbocycles. The summed E-state index contributed by atoms with van der Waals surface area (Å²) in [4.78, 5) is 11.2. The van der Waals surface area contributed by atoms with Gasteiger partial charge in [0.2, 0.25) is 0 Å². The summed E-state index contributed by atoms with van der Waals surface area (Å²) in [7, 11) is 1.88. The van der Waals surface area contributed by atoms with E-state index in [2.05, 4.69) is 5.32 Å². The lowest BCUT2D eigenvalue weighted by molar-refractivity contribution is -0.119. The molecule has 1 aliphatic carbocycles. The van der Waals surface area contributed by atoms with E-state index in [0.29, 0.717) is 0 Å². The van der Waals surface area contributed by atoms with Gasteiger partial charge in [0.15, 0.2) is 0 Å². The molecule has 1 atom stereocenters. The van der Waals surface area contributed by atoms with Gasteiger partial charge in [-0.2, -0.15) is 0 Å². The molecule has 1 saturated carbocycles. The van der Waals surface area contributed by atoms with Crippen molar-refractivity contribution >= 4 is 5.78 Å². The Kier molecular flexibility index (Phi) is 4.43. The molecule has 0 bridgehead atoms. The first-order valence-corrected chi connectivity index (χ1v) is 5.41. The summed E-state index contributed by atoms with van der Waals surface area (Å²) in [6, 6.07) is 0.100. The molecule has 0 spiro atoms. The Labute approximate surface area is 81.1 Å². The average Bonchev–Trinajstić information content (AvgIpc) is 2.15. The standard InChI is InChI=1S/C11H21NO/c1-9(13)11(12-2)8-10-6-4-3-5-7-10/h10-12H,3-8H2,1-2H3. The molecule has 1 aliphatic rings. The Hall–Kier alpha value is -0.370. The predicted octanol–water partition coefficient (Wildman–Crippen LogP) is 2.13. The van der Waals surface area contributed by atoms with Gasteiger partial charge < -0.3 is 5.32 Å². The van der Waals surface area contributed by atoms with Crippen molar-refractivity contribution < 1.29 is 4.79 Å². The zero-order valence-electron chi connectivity index (χ0n) is 8.81. The van der Waals surface area contributed by atoms with Crippen molar-refractivity contribution in [3.63, 3.8) is 0 Å². The Morgan fingerprint density at radius 1 is 1.38 bits per heavy atom. The lowest BCUT2D eigenvalue weighted by Gasteiger charge is -2.24. The van der Waals surface area contributed by atoms with Crippen LogP contribution in [0, 0.1) is 5.92 Å². The molecule has 76 valence electrons. The van der Waals surface area contributed by atoms with Gasteiger partial charge in [0.1, 0.15) is 5.78 Å². The predicted molar refractivity (Wildman–Crippen MR) is 54.7 cm³/mol. The van der Waals surface area contributed by atoms with Gasteiger partial charge >= 0.3 is 0 Å². The SMILES string of the molecule is CNC(CC1CCCCC1)C(C)=O. The molecule has 2 heteroatoms. The summed E-state index contributed by atoms with van der Waals surface area (Å²) in [6.07, 6.45) is 7.81. The Bertz CT molecular complexity index is 161. The topological polar surface area (TPSA) is 29.1 Å². The first kappa shape index (κ1) is 10.7. The van der Waals surface area contributed by atoms with Crippen LogP contribution in [-0.4, -0.2) is 18.9 Å². The van der Waals surface area contributed by atoms with Crippen LogP contribution in [0.4, 0.5) is 0 Å². The number of hydrogen-bond acceptors (Lipinski definition) is 2.